The molecule has 2 amide bonds. The van der Waals surface area contributed by atoms with Crippen LogP contribution in [0.5, 0.6) is 0 Å². The smallest absolute Gasteiger partial charge is 0.276 e. The van der Waals surface area contributed by atoms with Gasteiger partial charge in [-0.3, -0.25) is 14.8 Å². The van der Waals surface area contributed by atoms with Crippen LogP contribution in [0.3, 0.4) is 0 Å². The SMILES string of the molecule is CCC1c2cc(C(=O)NO)cn2CCN1C(=O)CC1CCCC1. The fourth-order valence-corrected chi connectivity index (χ4v) is 4.03. The summed E-state index contributed by atoms with van der Waals surface area (Å²) in [5, 5.41) is 8.80. The van der Waals surface area contributed by atoms with E-state index in [0.717, 1.165) is 12.1 Å². The first-order chi connectivity index (χ1) is 11.1. The molecule has 1 aliphatic carbocycles. The number of nitrogens with zero attached hydrogens (tertiary/aromatic N) is 2. The maximum absolute atomic E-state index is 12.7. The summed E-state index contributed by atoms with van der Waals surface area (Å²) in [5.74, 6) is 0.277. The van der Waals surface area contributed by atoms with Gasteiger partial charge in [0.05, 0.1) is 11.6 Å². The molecule has 1 aromatic heterocycles. The third kappa shape index (κ3) is 3.13. The summed E-state index contributed by atoms with van der Waals surface area (Å²) in [5.41, 5.74) is 3.09. The zero-order valence-corrected chi connectivity index (χ0v) is 13.6. The van der Waals surface area contributed by atoms with E-state index in [1.165, 1.54) is 25.7 Å². The monoisotopic (exact) mass is 319 g/mol. The molecule has 0 radical (unpaired) electrons. The number of hydroxylamine groups is 1. The molecule has 6 nitrogen and oxygen atoms in total. The Kier molecular flexibility index (Phi) is 4.71. The van der Waals surface area contributed by atoms with Crippen molar-refractivity contribution < 1.29 is 14.8 Å². The standard InChI is InChI=1S/C17H25N3O3/c1-2-14-15-10-13(17(22)18-23)11-19(15)7-8-20(14)16(21)9-12-5-3-4-6-12/h10-12,14,23H,2-9H2,1H3,(H,18,22). The summed E-state index contributed by atoms with van der Waals surface area (Å²) in [4.78, 5) is 26.3. The molecule has 2 aliphatic rings. The number of amides is 2. The lowest BCUT2D eigenvalue weighted by molar-refractivity contribution is -0.136. The first-order valence-corrected chi connectivity index (χ1v) is 8.58. The molecule has 1 aromatic rings. The predicted molar refractivity (Wildman–Crippen MR) is 85.0 cm³/mol. The van der Waals surface area contributed by atoms with Gasteiger partial charge >= 0.3 is 0 Å². The molecule has 1 aliphatic heterocycles. The van der Waals surface area contributed by atoms with Gasteiger partial charge in [-0.1, -0.05) is 19.8 Å². The summed E-state index contributed by atoms with van der Waals surface area (Å²) < 4.78 is 2.03. The summed E-state index contributed by atoms with van der Waals surface area (Å²) in [6, 6.07) is 1.80. The maximum atomic E-state index is 12.7. The third-order valence-electron chi connectivity index (χ3n) is 5.24. The normalized spacial score (nSPS) is 21.3. The molecule has 1 unspecified atom stereocenters. The van der Waals surface area contributed by atoms with E-state index in [1.807, 2.05) is 9.47 Å². The fourth-order valence-electron chi connectivity index (χ4n) is 4.03. The lowest BCUT2D eigenvalue weighted by atomic mass is 10.0. The van der Waals surface area contributed by atoms with Crippen LogP contribution in [0.4, 0.5) is 0 Å². The number of hydrogen-bond acceptors (Lipinski definition) is 3. The summed E-state index contributed by atoms with van der Waals surface area (Å²) >= 11 is 0. The zero-order valence-electron chi connectivity index (χ0n) is 13.6. The van der Waals surface area contributed by atoms with Crippen molar-refractivity contribution in [1.82, 2.24) is 14.9 Å². The fraction of sp³-hybridized carbons (Fsp3) is 0.647. The molecule has 0 saturated heterocycles. The van der Waals surface area contributed by atoms with Crippen LogP contribution in [-0.4, -0.2) is 33.0 Å². The highest BCUT2D eigenvalue weighted by Gasteiger charge is 2.32. The highest BCUT2D eigenvalue weighted by molar-refractivity contribution is 5.93. The summed E-state index contributed by atoms with van der Waals surface area (Å²) in [6.45, 7) is 3.45. The van der Waals surface area contributed by atoms with Crippen molar-refractivity contribution >= 4 is 11.8 Å². The number of fused-ring (bicyclic) bond motifs is 1. The molecule has 2 heterocycles. The van der Waals surface area contributed by atoms with Gasteiger partial charge in [0.2, 0.25) is 5.91 Å². The van der Waals surface area contributed by atoms with E-state index in [0.29, 0.717) is 31.0 Å². The predicted octanol–water partition coefficient (Wildman–Crippen LogP) is 2.48. The molecule has 1 fully saturated rings. The first kappa shape index (κ1) is 16.1. The van der Waals surface area contributed by atoms with E-state index >= 15 is 0 Å². The van der Waals surface area contributed by atoms with Crippen LogP contribution in [-0.2, 0) is 11.3 Å². The van der Waals surface area contributed by atoms with Gasteiger partial charge in [-0.25, -0.2) is 5.48 Å². The Hall–Kier alpha value is -1.82. The highest BCUT2D eigenvalue weighted by atomic mass is 16.5. The quantitative estimate of drug-likeness (QED) is 0.661. The average Bonchev–Trinajstić information content (AvgIpc) is 3.21. The molecule has 6 heteroatoms. The van der Waals surface area contributed by atoms with Crippen molar-refractivity contribution in [3.05, 3.63) is 23.5 Å². The van der Waals surface area contributed by atoms with E-state index in [4.69, 9.17) is 5.21 Å². The highest BCUT2D eigenvalue weighted by Crippen LogP contribution is 2.33. The zero-order chi connectivity index (χ0) is 16.4. The number of hydrogen-bond donors (Lipinski definition) is 2. The van der Waals surface area contributed by atoms with E-state index in [9.17, 15) is 9.59 Å². The Labute approximate surface area is 136 Å². The van der Waals surface area contributed by atoms with Crippen LogP contribution >= 0.6 is 0 Å². The summed E-state index contributed by atoms with van der Waals surface area (Å²) in [7, 11) is 0. The number of aromatic nitrogens is 1. The largest absolute Gasteiger partial charge is 0.347 e. The van der Waals surface area contributed by atoms with Crippen molar-refractivity contribution in [3.8, 4) is 0 Å². The second kappa shape index (κ2) is 6.74. The molecular formula is C17H25N3O3. The lowest BCUT2D eigenvalue weighted by Crippen LogP contribution is -2.42. The Balaban J connectivity index is 1.77. The molecule has 0 spiro atoms. The van der Waals surface area contributed by atoms with Gasteiger partial charge in [0.25, 0.3) is 5.91 Å². The van der Waals surface area contributed by atoms with Crippen LogP contribution < -0.4 is 5.48 Å². The third-order valence-corrected chi connectivity index (χ3v) is 5.24. The van der Waals surface area contributed by atoms with E-state index in [1.54, 1.807) is 17.7 Å². The van der Waals surface area contributed by atoms with Crippen molar-refractivity contribution in [2.45, 2.75) is 58.0 Å². The summed E-state index contributed by atoms with van der Waals surface area (Å²) in [6.07, 6.45) is 8.07. The Morgan fingerprint density at radius 1 is 1.30 bits per heavy atom. The van der Waals surface area contributed by atoms with Crippen molar-refractivity contribution in [2.75, 3.05) is 6.54 Å². The van der Waals surface area contributed by atoms with Crippen LogP contribution in [0, 0.1) is 5.92 Å². The number of rotatable bonds is 4. The van der Waals surface area contributed by atoms with Gasteiger partial charge in [0, 0.05) is 31.4 Å². The molecule has 3 rings (SSSR count). The van der Waals surface area contributed by atoms with Crippen LogP contribution in [0.25, 0.3) is 0 Å². The van der Waals surface area contributed by atoms with E-state index in [2.05, 4.69) is 6.92 Å². The van der Waals surface area contributed by atoms with E-state index < -0.39 is 5.91 Å². The molecule has 0 aromatic carbocycles. The number of carbonyl (C=O) groups excluding carboxylic acids is 2. The Bertz CT molecular complexity index is 590. The number of carbonyl (C=O) groups is 2. The van der Waals surface area contributed by atoms with Gasteiger partial charge in [-0.05, 0) is 31.2 Å². The Morgan fingerprint density at radius 2 is 2.04 bits per heavy atom. The molecule has 1 saturated carbocycles. The molecular weight excluding hydrogens is 294 g/mol. The van der Waals surface area contributed by atoms with Crippen molar-refractivity contribution in [2.24, 2.45) is 5.92 Å². The van der Waals surface area contributed by atoms with Gasteiger partial charge in [0.1, 0.15) is 0 Å². The maximum Gasteiger partial charge on any atom is 0.276 e. The van der Waals surface area contributed by atoms with Crippen LogP contribution in [0.2, 0.25) is 0 Å². The van der Waals surface area contributed by atoms with Gasteiger partial charge in [-0.2, -0.15) is 0 Å². The molecule has 1 atom stereocenters. The van der Waals surface area contributed by atoms with Gasteiger partial charge in [-0.15, -0.1) is 0 Å². The van der Waals surface area contributed by atoms with Crippen molar-refractivity contribution in [3.63, 3.8) is 0 Å². The molecule has 2 N–H and O–H groups in total. The van der Waals surface area contributed by atoms with Crippen LogP contribution in [0.1, 0.15) is 67.5 Å². The number of nitrogens with one attached hydrogen (secondary N) is 1. The average molecular weight is 319 g/mol. The minimum absolute atomic E-state index is 0.0119. The van der Waals surface area contributed by atoms with Crippen molar-refractivity contribution in [1.29, 1.82) is 0 Å². The van der Waals surface area contributed by atoms with Crippen LogP contribution in [0.15, 0.2) is 12.3 Å². The lowest BCUT2D eigenvalue weighted by Gasteiger charge is -2.37. The minimum Gasteiger partial charge on any atom is -0.347 e. The second-order valence-electron chi connectivity index (χ2n) is 6.65. The molecule has 126 valence electrons. The second-order valence-corrected chi connectivity index (χ2v) is 6.65. The van der Waals surface area contributed by atoms with Gasteiger partial charge < -0.3 is 9.47 Å². The first-order valence-electron chi connectivity index (χ1n) is 8.58. The molecule has 0 bridgehead atoms. The van der Waals surface area contributed by atoms with Gasteiger partial charge in [0.15, 0.2) is 0 Å². The minimum atomic E-state index is -0.509. The van der Waals surface area contributed by atoms with E-state index in [-0.39, 0.29) is 11.9 Å². The Morgan fingerprint density at radius 3 is 2.70 bits per heavy atom. The molecule has 23 heavy (non-hydrogen) atoms. The topological polar surface area (TPSA) is 74.6 Å².